The lowest BCUT2D eigenvalue weighted by Gasteiger charge is -2.15. The molecule has 0 bridgehead atoms. The number of rotatable bonds is 4. The lowest BCUT2D eigenvalue weighted by atomic mass is 10.1. The second-order valence-corrected chi connectivity index (χ2v) is 7.03. The maximum Gasteiger partial charge on any atom is 0.263 e. The van der Waals surface area contributed by atoms with Gasteiger partial charge in [-0.15, -0.1) is 0 Å². The van der Waals surface area contributed by atoms with Crippen molar-refractivity contribution >= 4 is 28.6 Å². The Labute approximate surface area is 150 Å². The van der Waals surface area contributed by atoms with Crippen LogP contribution in [0.15, 0.2) is 35.3 Å². The van der Waals surface area contributed by atoms with Crippen LogP contribution in [0.5, 0.6) is 0 Å². The number of hydrogen-bond donors (Lipinski definition) is 2. The van der Waals surface area contributed by atoms with Gasteiger partial charge in [0.25, 0.3) is 5.56 Å². The number of halogens is 1. The molecule has 0 amide bonds. The first-order valence-corrected chi connectivity index (χ1v) is 8.99. The van der Waals surface area contributed by atoms with Crippen molar-refractivity contribution in [3.05, 3.63) is 51.4 Å². The number of H-pyrrole nitrogens is 1. The SMILES string of the molecule is CC(Nc1nc2c(cnn2C2CCCC2)c(=O)[nH]1)c1ccc(Cl)cc1. The Morgan fingerprint density at radius 1 is 1.28 bits per heavy atom. The standard InChI is InChI=1S/C18H20ClN5O/c1-11(12-6-8-13(19)9-7-12)21-18-22-16-15(17(25)23-18)10-20-24(16)14-4-2-3-5-14/h6-11,14H,2-5H2,1H3,(H2,21,22,23,25). The molecule has 7 heteroatoms. The molecule has 1 aliphatic rings. The summed E-state index contributed by atoms with van der Waals surface area (Å²) in [4.78, 5) is 19.8. The third-order valence-corrected chi connectivity index (χ3v) is 5.11. The van der Waals surface area contributed by atoms with Crippen molar-refractivity contribution in [1.29, 1.82) is 0 Å². The molecule has 2 N–H and O–H groups in total. The summed E-state index contributed by atoms with van der Waals surface area (Å²) in [7, 11) is 0. The summed E-state index contributed by atoms with van der Waals surface area (Å²) in [5.41, 5.74) is 1.55. The van der Waals surface area contributed by atoms with Crippen molar-refractivity contribution in [2.75, 3.05) is 5.32 Å². The van der Waals surface area contributed by atoms with E-state index in [0.717, 1.165) is 18.4 Å². The Bertz CT molecular complexity index is 940. The lowest BCUT2D eigenvalue weighted by Crippen LogP contribution is -2.17. The van der Waals surface area contributed by atoms with E-state index in [2.05, 4.69) is 20.4 Å². The van der Waals surface area contributed by atoms with Crippen LogP contribution in [0.4, 0.5) is 5.95 Å². The smallest absolute Gasteiger partial charge is 0.263 e. The molecular weight excluding hydrogens is 338 g/mol. The van der Waals surface area contributed by atoms with Gasteiger partial charge in [0, 0.05) is 5.02 Å². The molecule has 6 nitrogen and oxygen atoms in total. The molecule has 2 heterocycles. The zero-order chi connectivity index (χ0) is 17.4. The Balaban J connectivity index is 1.66. The first-order chi connectivity index (χ1) is 12.1. The van der Waals surface area contributed by atoms with E-state index in [-0.39, 0.29) is 11.6 Å². The van der Waals surface area contributed by atoms with E-state index < -0.39 is 0 Å². The zero-order valence-corrected chi connectivity index (χ0v) is 14.8. The average Bonchev–Trinajstić information content (AvgIpc) is 3.24. The summed E-state index contributed by atoms with van der Waals surface area (Å²) in [5, 5.41) is 8.92. The maximum atomic E-state index is 12.4. The molecule has 1 unspecified atom stereocenters. The van der Waals surface area contributed by atoms with Crippen molar-refractivity contribution < 1.29 is 0 Å². The quantitative estimate of drug-likeness (QED) is 0.738. The van der Waals surface area contributed by atoms with Gasteiger partial charge in [-0.1, -0.05) is 36.6 Å². The Hall–Kier alpha value is -2.34. The van der Waals surface area contributed by atoms with Gasteiger partial charge in [-0.25, -0.2) is 4.68 Å². The highest BCUT2D eigenvalue weighted by Gasteiger charge is 2.21. The van der Waals surface area contributed by atoms with Crippen LogP contribution in [0.25, 0.3) is 11.0 Å². The highest BCUT2D eigenvalue weighted by atomic mass is 35.5. The van der Waals surface area contributed by atoms with Crippen molar-refractivity contribution in [3.8, 4) is 0 Å². The van der Waals surface area contributed by atoms with E-state index in [0.29, 0.717) is 28.0 Å². The highest BCUT2D eigenvalue weighted by molar-refractivity contribution is 6.30. The van der Waals surface area contributed by atoms with Crippen molar-refractivity contribution in [3.63, 3.8) is 0 Å². The van der Waals surface area contributed by atoms with Crippen molar-refractivity contribution in [2.45, 2.75) is 44.7 Å². The molecule has 0 radical (unpaired) electrons. The molecule has 0 saturated heterocycles. The largest absolute Gasteiger partial charge is 0.349 e. The van der Waals surface area contributed by atoms with Gasteiger partial charge in [-0.05, 0) is 37.5 Å². The van der Waals surface area contributed by atoms with Crippen LogP contribution in [-0.2, 0) is 0 Å². The van der Waals surface area contributed by atoms with Gasteiger partial charge >= 0.3 is 0 Å². The minimum atomic E-state index is -0.167. The number of aromatic amines is 1. The molecule has 2 aromatic heterocycles. The van der Waals surface area contributed by atoms with Gasteiger partial charge in [-0.2, -0.15) is 10.1 Å². The fourth-order valence-corrected chi connectivity index (χ4v) is 3.59. The van der Waals surface area contributed by atoms with Gasteiger partial charge in [0.15, 0.2) is 5.65 Å². The van der Waals surface area contributed by atoms with Crippen LogP contribution in [0.2, 0.25) is 5.02 Å². The Morgan fingerprint density at radius 3 is 2.72 bits per heavy atom. The fourth-order valence-electron chi connectivity index (χ4n) is 3.46. The second-order valence-electron chi connectivity index (χ2n) is 6.60. The van der Waals surface area contributed by atoms with Gasteiger partial charge in [0.05, 0.1) is 18.3 Å². The third-order valence-electron chi connectivity index (χ3n) is 4.86. The second kappa shape index (κ2) is 6.52. The van der Waals surface area contributed by atoms with E-state index in [4.69, 9.17) is 11.6 Å². The number of benzene rings is 1. The van der Waals surface area contributed by atoms with E-state index in [1.165, 1.54) is 12.8 Å². The molecule has 1 atom stereocenters. The molecule has 25 heavy (non-hydrogen) atoms. The normalized spacial score (nSPS) is 16.4. The molecule has 1 fully saturated rings. The monoisotopic (exact) mass is 357 g/mol. The molecule has 130 valence electrons. The lowest BCUT2D eigenvalue weighted by molar-refractivity contribution is 0.478. The van der Waals surface area contributed by atoms with Crippen LogP contribution in [0.1, 0.15) is 50.3 Å². The summed E-state index contributed by atoms with van der Waals surface area (Å²) in [5.74, 6) is 0.458. The minimum absolute atomic E-state index is 0.0132. The fraction of sp³-hybridized carbons (Fsp3) is 0.389. The van der Waals surface area contributed by atoms with Crippen LogP contribution < -0.4 is 10.9 Å². The van der Waals surface area contributed by atoms with E-state index in [1.807, 2.05) is 35.9 Å². The highest BCUT2D eigenvalue weighted by Crippen LogP contribution is 2.30. The Kier molecular flexibility index (Phi) is 4.21. The summed E-state index contributed by atoms with van der Waals surface area (Å²) < 4.78 is 1.91. The Morgan fingerprint density at radius 2 is 2.00 bits per heavy atom. The first-order valence-electron chi connectivity index (χ1n) is 8.61. The molecular formula is C18H20ClN5O. The van der Waals surface area contributed by atoms with E-state index in [1.54, 1.807) is 6.20 Å². The maximum absolute atomic E-state index is 12.4. The number of nitrogens with zero attached hydrogens (tertiary/aromatic N) is 3. The van der Waals surface area contributed by atoms with Gasteiger partial charge < -0.3 is 5.32 Å². The first kappa shape index (κ1) is 16.1. The van der Waals surface area contributed by atoms with E-state index in [9.17, 15) is 4.79 Å². The molecule has 0 aliphatic heterocycles. The van der Waals surface area contributed by atoms with Crippen molar-refractivity contribution in [2.24, 2.45) is 0 Å². The predicted molar refractivity (Wildman–Crippen MR) is 99.1 cm³/mol. The van der Waals surface area contributed by atoms with Crippen molar-refractivity contribution in [1.82, 2.24) is 19.7 Å². The number of hydrogen-bond acceptors (Lipinski definition) is 4. The molecule has 4 rings (SSSR count). The van der Waals surface area contributed by atoms with Gasteiger partial charge in [-0.3, -0.25) is 9.78 Å². The number of anilines is 1. The van der Waals surface area contributed by atoms with Crippen LogP contribution >= 0.6 is 11.6 Å². The summed E-state index contributed by atoms with van der Waals surface area (Å²) in [6.07, 6.45) is 6.21. The molecule has 0 spiro atoms. The number of aromatic nitrogens is 4. The van der Waals surface area contributed by atoms with Crippen LogP contribution in [0, 0.1) is 0 Å². The topological polar surface area (TPSA) is 75.6 Å². The average molecular weight is 358 g/mol. The third kappa shape index (κ3) is 3.14. The summed E-state index contributed by atoms with van der Waals surface area (Å²) >= 11 is 5.94. The molecule has 1 aromatic carbocycles. The van der Waals surface area contributed by atoms with Gasteiger partial charge in [0.1, 0.15) is 5.39 Å². The number of nitrogens with one attached hydrogen (secondary N) is 2. The summed E-state index contributed by atoms with van der Waals surface area (Å²) in [6, 6.07) is 7.94. The van der Waals surface area contributed by atoms with Gasteiger partial charge in [0.2, 0.25) is 5.95 Å². The van der Waals surface area contributed by atoms with Crippen LogP contribution in [-0.4, -0.2) is 19.7 Å². The van der Waals surface area contributed by atoms with E-state index >= 15 is 0 Å². The zero-order valence-electron chi connectivity index (χ0n) is 14.0. The van der Waals surface area contributed by atoms with Crippen LogP contribution in [0.3, 0.4) is 0 Å². The molecule has 3 aromatic rings. The summed E-state index contributed by atoms with van der Waals surface area (Å²) in [6.45, 7) is 2.02. The minimum Gasteiger partial charge on any atom is -0.349 e. The number of fused-ring (bicyclic) bond motifs is 1. The predicted octanol–water partition coefficient (Wildman–Crippen LogP) is 4.06. The molecule has 1 aliphatic carbocycles. The molecule has 1 saturated carbocycles.